The monoisotopic (exact) mass is 326 g/mol. The Balaban J connectivity index is 1.40. The van der Waals surface area contributed by atoms with Crippen LogP contribution in [-0.2, 0) is 5.54 Å². The predicted octanol–water partition coefficient (Wildman–Crippen LogP) is 3.44. The van der Waals surface area contributed by atoms with E-state index < -0.39 is 0 Å². The summed E-state index contributed by atoms with van der Waals surface area (Å²) in [4.78, 5) is 7.01. The minimum absolute atomic E-state index is 0.0891. The molecule has 2 aromatic rings. The van der Waals surface area contributed by atoms with Crippen molar-refractivity contribution in [3.8, 4) is 0 Å². The molecular weight excluding hydrogens is 300 g/mol. The molecule has 24 heavy (non-hydrogen) atoms. The van der Waals surface area contributed by atoms with E-state index in [2.05, 4.69) is 52.8 Å². The van der Waals surface area contributed by atoms with E-state index in [0.29, 0.717) is 5.92 Å². The molecule has 2 fully saturated rings. The summed E-state index contributed by atoms with van der Waals surface area (Å²) < 4.78 is 5.51. The SMILES string of the molecule is CN(CCNC1(c2noc(C3CC3)n2)CCCC1)c1ccccc1. The van der Waals surface area contributed by atoms with Gasteiger partial charge in [0.1, 0.15) is 0 Å². The predicted molar refractivity (Wildman–Crippen MR) is 94.1 cm³/mol. The Kier molecular flexibility index (Phi) is 4.27. The van der Waals surface area contributed by atoms with Crippen molar-refractivity contribution in [3.63, 3.8) is 0 Å². The lowest BCUT2D eigenvalue weighted by Crippen LogP contribution is -2.44. The van der Waals surface area contributed by atoms with E-state index in [1.807, 2.05) is 0 Å². The second-order valence-corrected chi connectivity index (χ2v) is 7.20. The lowest BCUT2D eigenvalue weighted by atomic mass is 9.96. The summed E-state index contributed by atoms with van der Waals surface area (Å²) in [5.74, 6) is 2.25. The van der Waals surface area contributed by atoms with Crippen LogP contribution in [0, 0.1) is 0 Å². The van der Waals surface area contributed by atoms with Crippen LogP contribution < -0.4 is 10.2 Å². The van der Waals surface area contributed by atoms with Gasteiger partial charge < -0.3 is 14.7 Å². The van der Waals surface area contributed by atoms with Crippen molar-refractivity contribution in [2.75, 3.05) is 25.0 Å². The summed E-state index contributed by atoms with van der Waals surface area (Å²) in [7, 11) is 2.14. The molecular formula is C19H26N4O. The average Bonchev–Trinajstić information content (AvgIpc) is 3.15. The van der Waals surface area contributed by atoms with Crippen LogP contribution >= 0.6 is 0 Å². The second-order valence-electron chi connectivity index (χ2n) is 7.20. The number of aromatic nitrogens is 2. The molecule has 128 valence electrons. The molecule has 5 heteroatoms. The van der Waals surface area contributed by atoms with E-state index >= 15 is 0 Å². The summed E-state index contributed by atoms with van der Waals surface area (Å²) in [5, 5.41) is 8.08. The van der Waals surface area contributed by atoms with Crippen LogP contribution in [0.25, 0.3) is 0 Å². The minimum Gasteiger partial charge on any atom is -0.373 e. The maximum absolute atomic E-state index is 5.51. The summed E-state index contributed by atoms with van der Waals surface area (Å²) in [6, 6.07) is 10.5. The fourth-order valence-corrected chi connectivity index (χ4v) is 3.66. The van der Waals surface area contributed by atoms with Gasteiger partial charge in [-0.05, 0) is 37.8 Å². The van der Waals surface area contributed by atoms with Gasteiger partial charge in [0.25, 0.3) is 0 Å². The van der Waals surface area contributed by atoms with Crippen LogP contribution in [0.2, 0.25) is 0 Å². The molecule has 4 rings (SSSR count). The molecule has 1 heterocycles. The van der Waals surface area contributed by atoms with E-state index in [4.69, 9.17) is 9.51 Å². The number of anilines is 1. The minimum atomic E-state index is -0.0891. The van der Waals surface area contributed by atoms with Crippen LogP contribution in [0.4, 0.5) is 5.69 Å². The summed E-state index contributed by atoms with van der Waals surface area (Å²) in [5.41, 5.74) is 1.16. The molecule has 1 aromatic carbocycles. The fourth-order valence-electron chi connectivity index (χ4n) is 3.66. The molecule has 0 radical (unpaired) electrons. The lowest BCUT2D eigenvalue weighted by Gasteiger charge is -2.28. The molecule has 2 saturated carbocycles. The highest BCUT2D eigenvalue weighted by Gasteiger charge is 2.41. The van der Waals surface area contributed by atoms with Crippen LogP contribution in [0.15, 0.2) is 34.9 Å². The normalized spacial score (nSPS) is 19.5. The summed E-state index contributed by atoms with van der Waals surface area (Å²) in [6.45, 7) is 1.87. The van der Waals surface area contributed by atoms with E-state index in [1.54, 1.807) is 0 Å². The maximum atomic E-state index is 5.51. The van der Waals surface area contributed by atoms with Crippen LogP contribution in [0.3, 0.4) is 0 Å². The van der Waals surface area contributed by atoms with Crippen LogP contribution in [0.1, 0.15) is 56.2 Å². The molecule has 5 nitrogen and oxygen atoms in total. The van der Waals surface area contributed by atoms with Gasteiger partial charge in [-0.2, -0.15) is 4.98 Å². The zero-order chi connectivity index (χ0) is 16.4. The number of rotatable bonds is 7. The van der Waals surface area contributed by atoms with Crippen molar-refractivity contribution in [1.82, 2.24) is 15.5 Å². The van der Waals surface area contributed by atoms with Gasteiger partial charge >= 0.3 is 0 Å². The van der Waals surface area contributed by atoms with Gasteiger partial charge in [-0.15, -0.1) is 0 Å². The molecule has 0 aliphatic heterocycles. The van der Waals surface area contributed by atoms with Crippen molar-refractivity contribution in [2.45, 2.75) is 50.0 Å². The van der Waals surface area contributed by atoms with Crippen LogP contribution in [0.5, 0.6) is 0 Å². The third-order valence-corrected chi connectivity index (χ3v) is 5.36. The maximum Gasteiger partial charge on any atom is 0.229 e. The van der Waals surface area contributed by atoms with Gasteiger partial charge in [0.05, 0.1) is 5.54 Å². The Labute approximate surface area is 143 Å². The van der Waals surface area contributed by atoms with E-state index in [1.165, 1.54) is 31.4 Å². The molecule has 1 N–H and O–H groups in total. The first-order chi connectivity index (χ1) is 11.8. The average molecular weight is 326 g/mol. The number of hydrogen-bond acceptors (Lipinski definition) is 5. The fraction of sp³-hybridized carbons (Fsp3) is 0.579. The van der Waals surface area contributed by atoms with Crippen molar-refractivity contribution in [1.29, 1.82) is 0 Å². The van der Waals surface area contributed by atoms with Gasteiger partial charge in [0.2, 0.25) is 5.89 Å². The first-order valence-electron chi connectivity index (χ1n) is 9.12. The van der Waals surface area contributed by atoms with Gasteiger partial charge in [-0.25, -0.2) is 0 Å². The zero-order valence-corrected chi connectivity index (χ0v) is 14.4. The standard InChI is InChI=1S/C19H26N4O/c1-23(16-7-3-2-4-8-16)14-13-20-19(11-5-6-12-19)18-21-17(24-22-18)15-9-10-15/h2-4,7-8,15,20H,5-6,9-14H2,1H3. The van der Waals surface area contributed by atoms with Gasteiger partial charge in [0, 0.05) is 31.7 Å². The van der Waals surface area contributed by atoms with Crippen molar-refractivity contribution < 1.29 is 4.52 Å². The first-order valence-corrected chi connectivity index (χ1v) is 9.12. The van der Waals surface area contributed by atoms with E-state index in [-0.39, 0.29) is 5.54 Å². The highest BCUT2D eigenvalue weighted by atomic mass is 16.5. The topological polar surface area (TPSA) is 54.2 Å². The number of benzene rings is 1. The van der Waals surface area contributed by atoms with Crippen molar-refractivity contribution in [2.24, 2.45) is 0 Å². The molecule has 0 amide bonds. The second kappa shape index (κ2) is 6.55. The molecule has 0 bridgehead atoms. The Morgan fingerprint density at radius 3 is 2.67 bits per heavy atom. The molecule has 0 unspecified atom stereocenters. The van der Waals surface area contributed by atoms with Gasteiger partial charge in [0.15, 0.2) is 5.82 Å². The molecule has 2 aliphatic rings. The van der Waals surface area contributed by atoms with E-state index in [9.17, 15) is 0 Å². The number of nitrogens with one attached hydrogen (secondary N) is 1. The third-order valence-electron chi connectivity index (χ3n) is 5.36. The Hall–Kier alpha value is -1.88. The number of nitrogens with zero attached hydrogens (tertiary/aromatic N) is 3. The molecule has 0 atom stereocenters. The number of para-hydroxylation sites is 1. The Morgan fingerprint density at radius 1 is 1.21 bits per heavy atom. The summed E-state index contributed by atoms with van der Waals surface area (Å²) >= 11 is 0. The largest absolute Gasteiger partial charge is 0.373 e. The molecule has 0 spiro atoms. The quantitative estimate of drug-likeness (QED) is 0.844. The summed E-state index contributed by atoms with van der Waals surface area (Å²) in [6.07, 6.45) is 7.06. The van der Waals surface area contributed by atoms with Crippen molar-refractivity contribution >= 4 is 5.69 Å². The zero-order valence-electron chi connectivity index (χ0n) is 14.4. The van der Waals surface area contributed by atoms with Crippen molar-refractivity contribution in [3.05, 3.63) is 42.0 Å². The van der Waals surface area contributed by atoms with Gasteiger partial charge in [-0.3, -0.25) is 0 Å². The lowest BCUT2D eigenvalue weighted by molar-refractivity contribution is 0.301. The smallest absolute Gasteiger partial charge is 0.229 e. The Bertz CT molecular complexity index is 659. The number of hydrogen-bond donors (Lipinski definition) is 1. The van der Waals surface area contributed by atoms with Gasteiger partial charge in [-0.1, -0.05) is 36.2 Å². The highest BCUT2D eigenvalue weighted by molar-refractivity contribution is 5.44. The van der Waals surface area contributed by atoms with Crippen LogP contribution in [-0.4, -0.2) is 30.3 Å². The van der Waals surface area contributed by atoms with E-state index in [0.717, 1.165) is 37.6 Å². The highest BCUT2D eigenvalue weighted by Crippen LogP contribution is 2.42. The Morgan fingerprint density at radius 2 is 1.96 bits per heavy atom. The number of likely N-dealkylation sites (N-methyl/N-ethyl adjacent to an activating group) is 1. The molecule has 0 saturated heterocycles. The first kappa shape index (κ1) is 15.6. The third kappa shape index (κ3) is 3.18. The molecule has 1 aromatic heterocycles. The molecule has 2 aliphatic carbocycles.